The second-order valence-corrected chi connectivity index (χ2v) is 7.75. The summed E-state index contributed by atoms with van der Waals surface area (Å²) in [5.74, 6) is -1.38. The molecule has 0 aromatic heterocycles. The number of hydrogen-bond donors (Lipinski definition) is 0. The SMILES string of the molecule is CCc1ccc(C(=O)COC(=O)c2ccc(S(C)(=O)=O)c([N+](=O)[O-])c2)cc1. The van der Waals surface area contributed by atoms with Crippen LogP contribution in [0.2, 0.25) is 0 Å². The summed E-state index contributed by atoms with van der Waals surface area (Å²) in [7, 11) is -3.84. The molecular weight excluding hydrogens is 374 g/mol. The molecule has 0 heterocycles. The van der Waals surface area contributed by atoms with E-state index in [9.17, 15) is 28.1 Å². The number of nitro benzene ring substituents is 1. The number of nitrogens with zero attached hydrogens (tertiary/aromatic N) is 1. The van der Waals surface area contributed by atoms with E-state index in [1.165, 1.54) is 0 Å². The molecule has 0 spiro atoms. The van der Waals surface area contributed by atoms with Gasteiger partial charge in [0.15, 0.2) is 22.2 Å². The molecule has 8 nitrogen and oxygen atoms in total. The number of esters is 1. The number of nitro groups is 1. The number of rotatable bonds is 7. The zero-order valence-electron chi connectivity index (χ0n) is 14.7. The van der Waals surface area contributed by atoms with E-state index in [0.29, 0.717) is 5.56 Å². The highest BCUT2D eigenvalue weighted by molar-refractivity contribution is 7.90. The van der Waals surface area contributed by atoms with Crippen LogP contribution in [0.15, 0.2) is 47.4 Å². The van der Waals surface area contributed by atoms with Gasteiger partial charge in [0, 0.05) is 17.9 Å². The molecule has 9 heteroatoms. The maximum Gasteiger partial charge on any atom is 0.338 e. The number of hydrogen-bond acceptors (Lipinski definition) is 7. The highest BCUT2D eigenvalue weighted by atomic mass is 32.2. The third kappa shape index (κ3) is 4.98. The van der Waals surface area contributed by atoms with Gasteiger partial charge in [-0.05, 0) is 24.1 Å². The van der Waals surface area contributed by atoms with E-state index in [1.807, 2.05) is 6.92 Å². The van der Waals surface area contributed by atoms with Gasteiger partial charge in [-0.3, -0.25) is 14.9 Å². The minimum Gasteiger partial charge on any atom is -0.454 e. The molecule has 0 radical (unpaired) electrons. The molecule has 0 unspecified atom stereocenters. The molecule has 0 saturated carbocycles. The largest absolute Gasteiger partial charge is 0.454 e. The summed E-state index contributed by atoms with van der Waals surface area (Å²) >= 11 is 0. The molecule has 27 heavy (non-hydrogen) atoms. The molecule has 0 saturated heterocycles. The molecule has 0 N–H and O–H groups in total. The van der Waals surface area contributed by atoms with Crippen LogP contribution in [-0.4, -0.2) is 38.0 Å². The fraction of sp³-hybridized carbons (Fsp3) is 0.222. The topological polar surface area (TPSA) is 121 Å². The molecule has 2 aromatic rings. The third-order valence-corrected chi connectivity index (χ3v) is 4.95. The smallest absolute Gasteiger partial charge is 0.338 e. The van der Waals surface area contributed by atoms with Crippen LogP contribution in [0.3, 0.4) is 0 Å². The van der Waals surface area contributed by atoms with Crippen LogP contribution in [0.1, 0.15) is 33.2 Å². The number of Topliss-reactive ketones (excluding diaryl/α,β-unsaturated/α-hetero) is 1. The molecule has 0 amide bonds. The average Bonchev–Trinajstić information content (AvgIpc) is 2.64. The summed E-state index contributed by atoms with van der Waals surface area (Å²) in [5.41, 5.74) is 0.483. The van der Waals surface area contributed by atoms with Crippen molar-refractivity contribution in [2.45, 2.75) is 18.2 Å². The Morgan fingerprint density at radius 1 is 1.07 bits per heavy atom. The monoisotopic (exact) mass is 391 g/mol. The molecule has 0 atom stereocenters. The van der Waals surface area contributed by atoms with E-state index in [-0.39, 0.29) is 5.56 Å². The Labute approximate surface area is 155 Å². The Morgan fingerprint density at radius 2 is 1.67 bits per heavy atom. The molecule has 2 aromatic carbocycles. The summed E-state index contributed by atoms with van der Waals surface area (Å²) in [6.45, 7) is 1.44. The van der Waals surface area contributed by atoms with Crippen molar-refractivity contribution in [3.63, 3.8) is 0 Å². The summed E-state index contributed by atoms with van der Waals surface area (Å²) < 4.78 is 28.1. The Balaban J connectivity index is 2.14. The maximum absolute atomic E-state index is 12.1. The van der Waals surface area contributed by atoms with Crippen LogP contribution in [-0.2, 0) is 21.0 Å². The van der Waals surface area contributed by atoms with Gasteiger partial charge in [0.25, 0.3) is 5.69 Å². The standard InChI is InChI=1S/C18H17NO7S/c1-3-12-4-6-13(7-5-12)16(20)11-26-18(21)14-8-9-17(27(2,24)25)15(10-14)19(22)23/h4-10H,3,11H2,1-2H3. The first kappa shape index (κ1) is 20.2. The van der Waals surface area contributed by atoms with Crippen LogP contribution in [0, 0.1) is 10.1 Å². The first-order valence-corrected chi connectivity index (χ1v) is 9.80. The summed E-state index contributed by atoms with van der Waals surface area (Å²) in [5, 5.41) is 11.1. The van der Waals surface area contributed by atoms with Gasteiger partial charge in [0.05, 0.1) is 10.5 Å². The first-order chi connectivity index (χ1) is 12.6. The Bertz CT molecular complexity index is 995. The number of ketones is 1. The Morgan fingerprint density at radius 3 is 2.19 bits per heavy atom. The summed E-state index contributed by atoms with van der Waals surface area (Å²) in [4.78, 5) is 33.8. The zero-order valence-corrected chi connectivity index (χ0v) is 15.5. The second kappa shape index (κ2) is 8.09. The van der Waals surface area contributed by atoms with E-state index < -0.39 is 43.7 Å². The van der Waals surface area contributed by atoms with Gasteiger partial charge in [-0.25, -0.2) is 13.2 Å². The summed E-state index contributed by atoms with van der Waals surface area (Å²) in [6.07, 6.45) is 1.65. The molecule has 2 rings (SSSR count). The zero-order chi connectivity index (χ0) is 20.2. The third-order valence-electron chi connectivity index (χ3n) is 3.81. The van der Waals surface area contributed by atoms with E-state index >= 15 is 0 Å². The second-order valence-electron chi connectivity index (χ2n) is 5.76. The minimum atomic E-state index is -3.84. The number of benzene rings is 2. The van der Waals surface area contributed by atoms with Crippen LogP contribution < -0.4 is 0 Å². The Hall–Kier alpha value is -3.07. The lowest BCUT2D eigenvalue weighted by atomic mass is 10.1. The van der Waals surface area contributed by atoms with Gasteiger partial charge < -0.3 is 4.74 Å². The quantitative estimate of drug-likeness (QED) is 0.308. The van der Waals surface area contributed by atoms with Gasteiger partial charge in [0.2, 0.25) is 0 Å². The van der Waals surface area contributed by atoms with Crippen molar-refractivity contribution in [1.82, 2.24) is 0 Å². The van der Waals surface area contributed by atoms with Crippen LogP contribution >= 0.6 is 0 Å². The van der Waals surface area contributed by atoms with Crippen molar-refractivity contribution >= 4 is 27.3 Å². The van der Waals surface area contributed by atoms with E-state index in [2.05, 4.69) is 0 Å². The number of aryl methyl sites for hydroxylation is 1. The maximum atomic E-state index is 12.1. The number of sulfone groups is 1. The lowest BCUT2D eigenvalue weighted by molar-refractivity contribution is -0.387. The van der Waals surface area contributed by atoms with Gasteiger partial charge in [-0.1, -0.05) is 31.2 Å². The van der Waals surface area contributed by atoms with Crippen molar-refractivity contribution in [3.8, 4) is 0 Å². The van der Waals surface area contributed by atoms with Gasteiger partial charge in [-0.2, -0.15) is 0 Å². The molecule has 0 aliphatic rings. The normalized spacial score (nSPS) is 11.0. The lowest BCUT2D eigenvalue weighted by Gasteiger charge is -2.06. The van der Waals surface area contributed by atoms with Crippen molar-refractivity contribution in [3.05, 3.63) is 69.3 Å². The first-order valence-electron chi connectivity index (χ1n) is 7.91. The highest BCUT2D eigenvalue weighted by Gasteiger charge is 2.24. The average molecular weight is 391 g/mol. The van der Waals surface area contributed by atoms with Crippen molar-refractivity contribution < 1.29 is 27.7 Å². The Kier molecular flexibility index (Phi) is 6.06. The van der Waals surface area contributed by atoms with Crippen LogP contribution in [0.25, 0.3) is 0 Å². The van der Waals surface area contributed by atoms with Crippen LogP contribution in [0.5, 0.6) is 0 Å². The van der Waals surface area contributed by atoms with E-state index in [1.54, 1.807) is 24.3 Å². The molecular formula is C18H17NO7S. The molecule has 0 fully saturated rings. The number of carbonyl (C=O) groups is 2. The number of carbonyl (C=O) groups excluding carboxylic acids is 2. The lowest BCUT2D eigenvalue weighted by Crippen LogP contribution is -2.15. The fourth-order valence-corrected chi connectivity index (χ4v) is 3.15. The van der Waals surface area contributed by atoms with E-state index in [4.69, 9.17) is 4.74 Å². The fourth-order valence-electron chi connectivity index (χ4n) is 2.32. The minimum absolute atomic E-state index is 0.219. The molecule has 0 aliphatic carbocycles. The predicted molar refractivity (Wildman–Crippen MR) is 96.6 cm³/mol. The molecule has 0 aliphatic heterocycles. The van der Waals surface area contributed by atoms with E-state index in [0.717, 1.165) is 36.4 Å². The van der Waals surface area contributed by atoms with Gasteiger partial charge in [-0.15, -0.1) is 0 Å². The summed E-state index contributed by atoms with van der Waals surface area (Å²) in [6, 6.07) is 9.73. The number of ether oxygens (including phenoxy) is 1. The predicted octanol–water partition coefficient (Wildman–Crippen LogP) is 2.60. The van der Waals surface area contributed by atoms with Crippen molar-refractivity contribution in [2.24, 2.45) is 0 Å². The van der Waals surface area contributed by atoms with Crippen molar-refractivity contribution in [2.75, 3.05) is 12.9 Å². The van der Waals surface area contributed by atoms with Crippen LogP contribution in [0.4, 0.5) is 5.69 Å². The van der Waals surface area contributed by atoms with Crippen molar-refractivity contribution in [1.29, 1.82) is 0 Å². The molecule has 0 bridgehead atoms. The van der Waals surface area contributed by atoms with Gasteiger partial charge >= 0.3 is 5.97 Å². The molecule has 142 valence electrons. The highest BCUT2D eigenvalue weighted by Crippen LogP contribution is 2.25. The van der Waals surface area contributed by atoms with Gasteiger partial charge in [0.1, 0.15) is 4.90 Å².